The first kappa shape index (κ1) is 11.8. The first-order chi connectivity index (χ1) is 9.36. The van der Waals surface area contributed by atoms with E-state index in [9.17, 15) is 0 Å². The van der Waals surface area contributed by atoms with Gasteiger partial charge in [-0.2, -0.15) is 4.98 Å². The van der Waals surface area contributed by atoms with Crippen LogP contribution in [0.1, 0.15) is 12.0 Å². The van der Waals surface area contributed by atoms with Crippen LogP contribution >= 0.6 is 0 Å². The molecule has 1 N–H and O–H groups in total. The Bertz CT molecular complexity index is 584. The minimum atomic E-state index is 0.542. The molecule has 0 fully saturated rings. The predicted molar refractivity (Wildman–Crippen MR) is 74.1 cm³/mol. The molecule has 0 radical (unpaired) electrons. The van der Waals surface area contributed by atoms with Gasteiger partial charge in [-0.1, -0.05) is 18.2 Å². The Kier molecular flexibility index (Phi) is 3.23. The molecule has 0 atom stereocenters. The molecular weight excluding hydrogens is 240 g/mol. The largest absolute Gasteiger partial charge is 0.481 e. The molecule has 0 saturated carbocycles. The maximum atomic E-state index is 5.87. The second-order valence-electron chi connectivity index (χ2n) is 4.44. The molecule has 4 heteroatoms. The van der Waals surface area contributed by atoms with Crippen molar-refractivity contribution in [3.05, 3.63) is 42.0 Å². The lowest BCUT2D eigenvalue weighted by atomic mass is 10.0. The van der Waals surface area contributed by atoms with Crippen molar-refractivity contribution in [2.75, 3.05) is 19.0 Å². The molecule has 1 aromatic carbocycles. The van der Waals surface area contributed by atoms with Crippen molar-refractivity contribution in [1.82, 2.24) is 4.98 Å². The van der Waals surface area contributed by atoms with E-state index in [-0.39, 0.29) is 0 Å². The fourth-order valence-electron chi connectivity index (χ4n) is 2.24. The molecule has 0 aliphatic carbocycles. The third-order valence-electron chi connectivity index (χ3n) is 3.16. The fourth-order valence-corrected chi connectivity index (χ4v) is 2.24. The first-order valence-corrected chi connectivity index (χ1v) is 6.41. The van der Waals surface area contributed by atoms with Crippen molar-refractivity contribution in [3.63, 3.8) is 0 Å². The number of hydrogen-bond donors (Lipinski definition) is 1. The Morgan fingerprint density at radius 1 is 1.11 bits per heavy atom. The topological polar surface area (TPSA) is 43.4 Å². The molecule has 0 spiro atoms. The monoisotopic (exact) mass is 256 g/mol. The molecule has 0 bridgehead atoms. The lowest BCUT2D eigenvalue weighted by Crippen LogP contribution is -2.12. The first-order valence-electron chi connectivity index (χ1n) is 6.41. The number of hydrogen-bond acceptors (Lipinski definition) is 4. The number of para-hydroxylation sites is 1. The van der Waals surface area contributed by atoms with E-state index < -0.39 is 0 Å². The second-order valence-corrected chi connectivity index (χ2v) is 4.44. The van der Waals surface area contributed by atoms with Crippen LogP contribution in [-0.4, -0.2) is 18.6 Å². The molecule has 1 aromatic heterocycles. The zero-order valence-corrected chi connectivity index (χ0v) is 10.8. The van der Waals surface area contributed by atoms with Gasteiger partial charge in [0.2, 0.25) is 11.8 Å². The van der Waals surface area contributed by atoms with Crippen LogP contribution in [0.3, 0.4) is 0 Å². The van der Waals surface area contributed by atoms with Crippen LogP contribution in [0, 0.1) is 0 Å². The summed E-state index contributed by atoms with van der Waals surface area (Å²) in [5.74, 6) is 1.91. The lowest BCUT2D eigenvalue weighted by molar-refractivity contribution is 0.383. The number of methoxy groups -OCH3 is 1. The van der Waals surface area contributed by atoms with E-state index in [2.05, 4.69) is 16.4 Å². The molecule has 3 rings (SSSR count). The maximum Gasteiger partial charge on any atom is 0.222 e. The summed E-state index contributed by atoms with van der Waals surface area (Å²) in [5.41, 5.74) is 2.38. The van der Waals surface area contributed by atoms with Gasteiger partial charge >= 0.3 is 0 Å². The van der Waals surface area contributed by atoms with Crippen LogP contribution in [-0.2, 0) is 6.42 Å². The third-order valence-corrected chi connectivity index (χ3v) is 3.16. The smallest absolute Gasteiger partial charge is 0.222 e. The highest BCUT2D eigenvalue weighted by atomic mass is 16.5. The van der Waals surface area contributed by atoms with Crippen molar-refractivity contribution in [3.8, 4) is 17.5 Å². The Hall–Kier alpha value is -2.23. The van der Waals surface area contributed by atoms with E-state index in [0.717, 1.165) is 30.8 Å². The number of anilines is 1. The van der Waals surface area contributed by atoms with Crippen molar-refractivity contribution < 1.29 is 9.47 Å². The van der Waals surface area contributed by atoms with Gasteiger partial charge in [-0.3, -0.25) is 0 Å². The van der Waals surface area contributed by atoms with E-state index in [1.807, 2.05) is 24.3 Å². The molecule has 2 heterocycles. The van der Waals surface area contributed by atoms with Crippen LogP contribution in [0.2, 0.25) is 0 Å². The molecule has 0 saturated heterocycles. The van der Waals surface area contributed by atoms with Crippen LogP contribution in [0.5, 0.6) is 17.5 Å². The summed E-state index contributed by atoms with van der Waals surface area (Å²) in [4.78, 5) is 4.26. The fraction of sp³-hybridized carbons (Fsp3) is 0.267. The van der Waals surface area contributed by atoms with Gasteiger partial charge in [0.05, 0.1) is 12.8 Å². The molecule has 2 aromatic rings. The van der Waals surface area contributed by atoms with Gasteiger partial charge in [-0.25, -0.2) is 0 Å². The summed E-state index contributed by atoms with van der Waals surface area (Å²) in [6.07, 6.45) is 2.25. The van der Waals surface area contributed by atoms with E-state index in [1.54, 1.807) is 13.2 Å². The number of rotatable bonds is 3. The molecule has 0 amide bonds. The highest BCUT2D eigenvalue weighted by molar-refractivity contribution is 5.64. The van der Waals surface area contributed by atoms with E-state index in [4.69, 9.17) is 9.47 Å². The molecular formula is C15H16N2O2. The highest BCUT2D eigenvalue weighted by Gasteiger charge is 2.14. The zero-order chi connectivity index (χ0) is 13.1. The molecule has 1 aliphatic heterocycles. The number of pyridine rings is 1. The number of aromatic nitrogens is 1. The van der Waals surface area contributed by atoms with Gasteiger partial charge in [0, 0.05) is 18.7 Å². The van der Waals surface area contributed by atoms with Gasteiger partial charge in [-0.05, 0) is 24.5 Å². The van der Waals surface area contributed by atoms with Gasteiger partial charge in [0.25, 0.3) is 0 Å². The standard InChI is InChI=1S/C15H16N2O2/c1-18-13-8-3-9-14(17-13)19-12-7-2-5-11-6-4-10-16-15(11)12/h2-3,5,7-9,16H,4,6,10H2,1H3. The summed E-state index contributed by atoms with van der Waals surface area (Å²) in [6.45, 7) is 0.985. The average Bonchev–Trinajstić information content (AvgIpc) is 2.48. The number of ether oxygens (including phenoxy) is 2. The van der Waals surface area contributed by atoms with Crippen molar-refractivity contribution in [2.45, 2.75) is 12.8 Å². The quantitative estimate of drug-likeness (QED) is 0.915. The van der Waals surface area contributed by atoms with Gasteiger partial charge in [0.15, 0.2) is 5.75 Å². The SMILES string of the molecule is COc1cccc(Oc2cccc3c2NCCC3)n1. The summed E-state index contributed by atoms with van der Waals surface area (Å²) in [5, 5.41) is 3.40. The van der Waals surface area contributed by atoms with Gasteiger partial charge in [-0.15, -0.1) is 0 Å². The van der Waals surface area contributed by atoms with Gasteiger partial charge in [0.1, 0.15) is 0 Å². The molecule has 0 unspecified atom stereocenters. The summed E-state index contributed by atoms with van der Waals surface area (Å²) in [7, 11) is 1.60. The van der Waals surface area contributed by atoms with Gasteiger partial charge < -0.3 is 14.8 Å². The van der Waals surface area contributed by atoms with Crippen molar-refractivity contribution >= 4 is 5.69 Å². The van der Waals surface area contributed by atoms with E-state index in [0.29, 0.717) is 11.8 Å². The average molecular weight is 256 g/mol. The Labute approximate surface area is 112 Å². The second kappa shape index (κ2) is 5.18. The van der Waals surface area contributed by atoms with Crippen LogP contribution in [0.4, 0.5) is 5.69 Å². The third kappa shape index (κ3) is 2.47. The Morgan fingerprint density at radius 3 is 2.84 bits per heavy atom. The van der Waals surface area contributed by atoms with E-state index >= 15 is 0 Å². The summed E-state index contributed by atoms with van der Waals surface area (Å²) < 4.78 is 11.0. The molecule has 98 valence electrons. The number of nitrogens with one attached hydrogen (secondary N) is 1. The zero-order valence-electron chi connectivity index (χ0n) is 10.8. The number of fused-ring (bicyclic) bond motifs is 1. The Balaban J connectivity index is 1.90. The molecule has 1 aliphatic rings. The summed E-state index contributed by atoms with van der Waals surface area (Å²) in [6, 6.07) is 11.6. The summed E-state index contributed by atoms with van der Waals surface area (Å²) >= 11 is 0. The van der Waals surface area contributed by atoms with Crippen LogP contribution in [0.15, 0.2) is 36.4 Å². The van der Waals surface area contributed by atoms with Crippen LogP contribution in [0.25, 0.3) is 0 Å². The maximum absolute atomic E-state index is 5.87. The minimum Gasteiger partial charge on any atom is -0.481 e. The highest BCUT2D eigenvalue weighted by Crippen LogP contribution is 2.34. The number of aryl methyl sites for hydroxylation is 1. The normalized spacial score (nSPS) is 13.3. The molecule has 4 nitrogen and oxygen atoms in total. The number of nitrogens with zero attached hydrogens (tertiary/aromatic N) is 1. The van der Waals surface area contributed by atoms with Crippen molar-refractivity contribution in [2.24, 2.45) is 0 Å². The number of benzene rings is 1. The lowest BCUT2D eigenvalue weighted by Gasteiger charge is -2.20. The molecule has 19 heavy (non-hydrogen) atoms. The van der Waals surface area contributed by atoms with Crippen molar-refractivity contribution in [1.29, 1.82) is 0 Å². The predicted octanol–water partition coefficient (Wildman–Crippen LogP) is 3.24. The van der Waals surface area contributed by atoms with Crippen LogP contribution < -0.4 is 14.8 Å². The minimum absolute atomic E-state index is 0.542. The van der Waals surface area contributed by atoms with E-state index in [1.165, 1.54) is 5.56 Å². The Morgan fingerprint density at radius 2 is 1.95 bits per heavy atom.